The van der Waals surface area contributed by atoms with Crippen molar-refractivity contribution >= 4 is 45.4 Å². The Morgan fingerprint density at radius 2 is 1.97 bits per heavy atom. The van der Waals surface area contributed by atoms with Crippen molar-refractivity contribution in [1.29, 1.82) is 0 Å². The van der Waals surface area contributed by atoms with Crippen molar-refractivity contribution < 1.29 is 9.53 Å². The maximum Gasteiger partial charge on any atom is 0.412 e. The molecule has 4 rings (SSSR count). The maximum atomic E-state index is 12.0. The lowest BCUT2D eigenvalue weighted by Gasteiger charge is -2.19. The summed E-state index contributed by atoms with van der Waals surface area (Å²) >= 11 is 3.10. The Morgan fingerprint density at radius 3 is 2.72 bits per heavy atom. The molecule has 0 aliphatic rings. The van der Waals surface area contributed by atoms with Gasteiger partial charge in [-0.15, -0.1) is 11.3 Å². The zero-order valence-corrected chi connectivity index (χ0v) is 18.0. The second-order valence-electron chi connectivity index (χ2n) is 7.47. The van der Waals surface area contributed by atoms with Crippen LogP contribution in [0.15, 0.2) is 71.2 Å². The Hall–Kier alpha value is -2.77. The second kappa shape index (κ2) is 7.93. The van der Waals surface area contributed by atoms with E-state index in [1.54, 1.807) is 11.9 Å². The van der Waals surface area contributed by atoms with E-state index in [0.29, 0.717) is 0 Å². The number of aromatic nitrogens is 2. The predicted octanol–water partition coefficient (Wildman–Crippen LogP) is 6.67. The van der Waals surface area contributed by atoms with E-state index in [2.05, 4.69) is 32.5 Å². The minimum absolute atomic E-state index is 0.448. The number of carbonyl (C=O) groups excluding carboxylic acids is 1. The number of nitrogens with zero attached hydrogens (tertiary/aromatic N) is 2. The van der Waals surface area contributed by atoms with Crippen molar-refractivity contribution in [2.24, 2.45) is 0 Å². The molecule has 0 radical (unpaired) electrons. The first-order chi connectivity index (χ1) is 13.9. The first-order valence-electron chi connectivity index (χ1n) is 9.17. The summed E-state index contributed by atoms with van der Waals surface area (Å²) in [5.74, 6) is 0. The molecular weight excluding hydrogens is 402 g/mol. The van der Waals surface area contributed by atoms with E-state index < -0.39 is 11.7 Å². The number of anilines is 1. The quantitative estimate of drug-likeness (QED) is 0.398. The molecule has 0 unspecified atom stereocenters. The highest BCUT2D eigenvalue weighted by Gasteiger charge is 2.17. The fourth-order valence-electron chi connectivity index (χ4n) is 2.88. The van der Waals surface area contributed by atoms with Crippen LogP contribution in [0.1, 0.15) is 20.8 Å². The van der Waals surface area contributed by atoms with Gasteiger partial charge in [-0.25, -0.2) is 9.78 Å². The standard InChI is InChI=1S/C22H21N3O2S2/c1-22(2,3)27-21(26)24-19-13-15(14-28-19)17-9-11-23-20-18(17)10-12-25(20)29-16-7-5-4-6-8-16/h4-14H,1-3H3,(H,24,26). The van der Waals surface area contributed by atoms with E-state index in [0.717, 1.165) is 32.1 Å². The summed E-state index contributed by atoms with van der Waals surface area (Å²) in [5.41, 5.74) is 2.50. The number of nitrogens with one attached hydrogen (secondary N) is 1. The van der Waals surface area contributed by atoms with Gasteiger partial charge in [0, 0.05) is 28.1 Å². The monoisotopic (exact) mass is 423 g/mol. The van der Waals surface area contributed by atoms with Gasteiger partial charge in [-0.05, 0) is 74.2 Å². The molecule has 0 saturated carbocycles. The molecule has 7 heteroatoms. The van der Waals surface area contributed by atoms with Gasteiger partial charge in [0.05, 0.1) is 5.00 Å². The lowest BCUT2D eigenvalue weighted by molar-refractivity contribution is 0.0636. The number of hydrogen-bond donors (Lipinski definition) is 1. The third kappa shape index (κ3) is 4.63. The zero-order chi connectivity index (χ0) is 20.4. The van der Waals surface area contributed by atoms with Crippen LogP contribution in [0.3, 0.4) is 0 Å². The topological polar surface area (TPSA) is 56.1 Å². The Balaban J connectivity index is 1.59. The van der Waals surface area contributed by atoms with Crippen LogP contribution < -0.4 is 5.32 Å². The van der Waals surface area contributed by atoms with Gasteiger partial charge in [-0.2, -0.15) is 0 Å². The third-order valence-electron chi connectivity index (χ3n) is 4.04. The first-order valence-corrected chi connectivity index (χ1v) is 10.8. The second-order valence-corrected chi connectivity index (χ2v) is 9.43. The minimum Gasteiger partial charge on any atom is -0.444 e. The number of carbonyl (C=O) groups is 1. The van der Waals surface area contributed by atoms with Crippen molar-refractivity contribution in [3.05, 3.63) is 66.3 Å². The molecule has 0 bridgehead atoms. The average molecular weight is 424 g/mol. The molecule has 1 amide bonds. The fraction of sp³-hybridized carbons (Fsp3) is 0.182. The highest BCUT2D eigenvalue weighted by Crippen LogP contribution is 2.35. The van der Waals surface area contributed by atoms with Crippen LogP contribution in [0.5, 0.6) is 0 Å². The summed E-state index contributed by atoms with van der Waals surface area (Å²) in [6.07, 6.45) is 3.40. The molecule has 148 valence electrons. The summed E-state index contributed by atoms with van der Waals surface area (Å²) in [4.78, 5) is 17.7. The number of ether oxygens (including phenoxy) is 1. The Morgan fingerprint density at radius 1 is 1.17 bits per heavy atom. The summed E-state index contributed by atoms with van der Waals surface area (Å²) in [6, 6.07) is 16.3. The Labute approximate surface area is 177 Å². The molecule has 0 saturated heterocycles. The van der Waals surface area contributed by atoms with Gasteiger partial charge in [0.2, 0.25) is 0 Å². The molecule has 0 atom stereocenters. The van der Waals surface area contributed by atoms with Crippen LogP contribution >= 0.6 is 23.3 Å². The molecule has 1 N–H and O–H groups in total. The first kappa shape index (κ1) is 19.5. The van der Waals surface area contributed by atoms with Crippen LogP contribution in [0.4, 0.5) is 9.80 Å². The smallest absolute Gasteiger partial charge is 0.412 e. The zero-order valence-electron chi connectivity index (χ0n) is 16.4. The molecule has 0 aliphatic carbocycles. The Bertz CT molecular complexity index is 1140. The van der Waals surface area contributed by atoms with Gasteiger partial charge in [0.1, 0.15) is 5.60 Å². The van der Waals surface area contributed by atoms with E-state index in [1.807, 2.05) is 68.9 Å². The van der Waals surface area contributed by atoms with Gasteiger partial charge in [-0.1, -0.05) is 18.2 Å². The van der Waals surface area contributed by atoms with E-state index in [1.165, 1.54) is 11.3 Å². The summed E-state index contributed by atoms with van der Waals surface area (Å²) < 4.78 is 7.40. The molecule has 29 heavy (non-hydrogen) atoms. The van der Waals surface area contributed by atoms with Crippen molar-refractivity contribution in [2.75, 3.05) is 5.32 Å². The molecule has 3 aromatic heterocycles. The van der Waals surface area contributed by atoms with Crippen molar-refractivity contribution in [2.45, 2.75) is 31.3 Å². The Kier molecular flexibility index (Phi) is 5.34. The van der Waals surface area contributed by atoms with Crippen LogP contribution in [-0.4, -0.2) is 20.7 Å². The molecule has 1 aromatic carbocycles. The van der Waals surface area contributed by atoms with Crippen molar-refractivity contribution in [1.82, 2.24) is 8.96 Å². The molecule has 4 aromatic rings. The number of rotatable bonds is 4. The van der Waals surface area contributed by atoms with E-state index in [-0.39, 0.29) is 0 Å². The number of amides is 1. The van der Waals surface area contributed by atoms with E-state index >= 15 is 0 Å². The summed E-state index contributed by atoms with van der Waals surface area (Å²) in [6.45, 7) is 5.54. The third-order valence-corrected chi connectivity index (χ3v) is 5.86. The maximum absolute atomic E-state index is 12.0. The van der Waals surface area contributed by atoms with Crippen LogP contribution in [0, 0.1) is 0 Å². The minimum atomic E-state index is -0.527. The molecule has 0 fully saturated rings. The average Bonchev–Trinajstić information content (AvgIpc) is 3.28. The number of fused-ring (bicyclic) bond motifs is 1. The highest BCUT2D eigenvalue weighted by molar-refractivity contribution is 7.98. The fourth-order valence-corrected chi connectivity index (χ4v) is 4.53. The van der Waals surface area contributed by atoms with Gasteiger partial charge in [0.25, 0.3) is 0 Å². The summed E-state index contributed by atoms with van der Waals surface area (Å²) in [5, 5.41) is 6.65. The largest absolute Gasteiger partial charge is 0.444 e. The molecule has 0 spiro atoms. The molecule has 0 aliphatic heterocycles. The van der Waals surface area contributed by atoms with Crippen LogP contribution in [0.25, 0.3) is 22.2 Å². The number of pyridine rings is 1. The molecule has 5 nitrogen and oxygen atoms in total. The van der Waals surface area contributed by atoms with Gasteiger partial charge >= 0.3 is 6.09 Å². The molecule has 3 heterocycles. The lowest BCUT2D eigenvalue weighted by atomic mass is 10.1. The van der Waals surface area contributed by atoms with Crippen LogP contribution in [-0.2, 0) is 4.74 Å². The highest BCUT2D eigenvalue weighted by atomic mass is 32.2. The van der Waals surface area contributed by atoms with E-state index in [4.69, 9.17) is 4.74 Å². The number of thiophene rings is 1. The van der Waals surface area contributed by atoms with Gasteiger partial charge < -0.3 is 4.74 Å². The normalized spacial score (nSPS) is 11.6. The SMILES string of the molecule is CC(C)(C)OC(=O)Nc1cc(-c2ccnc3c2ccn3Sc2ccccc2)cs1. The number of benzene rings is 1. The lowest BCUT2D eigenvalue weighted by Crippen LogP contribution is -2.26. The predicted molar refractivity (Wildman–Crippen MR) is 121 cm³/mol. The van der Waals surface area contributed by atoms with Crippen molar-refractivity contribution in [3.63, 3.8) is 0 Å². The van der Waals surface area contributed by atoms with E-state index in [9.17, 15) is 4.79 Å². The van der Waals surface area contributed by atoms with Crippen molar-refractivity contribution in [3.8, 4) is 11.1 Å². The van der Waals surface area contributed by atoms with Gasteiger partial charge in [-0.3, -0.25) is 9.29 Å². The molecular formula is C22H21N3O2S2. The summed E-state index contributed by atoms with van der Waals surface area (Å²) in [7, 11) is 0. The number of hydrogen-bond acceptors (Lipinski definition) is 5. The van der Waals surface area contributed by atoms with Crippen LogP contribution in [0.2, 0.25) is 0 Å². The van der Waals surface area contributed by atoms with Gasteiger partial charge in [0.15, 0.2) is 5.65 Å².